The van der Waals surface area contributed by atoms with Crippen LogP contribution in [0.1, 0.15) is 11.1 Å². The Morgan fingerprint density at radius 1 is 1.00 bits per heavy atom. The smallest absolute Gasteiger partial charge is 0.120 e. The zero-order valence-electron chi connectivity index (χ0n) is 9.20. The van der Waals surface area contributed by atoms with Crippen molar-refractivity contribution in [2.75, 3.05) is 0 Å². The molecule has 0 unspecified atom stereocenters. The second-order valence-electron chi connectivity index (χ2n) is 3.70. The molecule has 0 amide bonds. The van der Waals surface area contributed by atoms with E-state index in [-0.39, 0.29) is 0 Å². The van der Waals surface area contributed by atoms with Gasteiger partial charge in [0.05, 0.1) is 0 Å². The summed E-state index contributed by atoms with van der Waals surface area (Å²) < 4.78 is 5.71. The SMILES string of the molecule is Clc1cccc(COc2cccc(CBr)c2)c1. The Kier molecular flexibility index (Phi) is 4.46. The molecule has 0 heterocycles. The van der Waals surface area contributed by atoms with Gasteiger partial charge < -0.3 is 4.74 Å². The Morgan fingerprint density at radius 2 is 1.76 bits per heavy atom. The van der Waals surface area contributed by atoms with E-state index in [1.165, 1.54) is 5.56 Å². The van der Waals surface area contributed by atoms with Gasteiger partial charge in [-0.25, -0.2) is 0 Å². The van der Waals surface area contributed by atoms with Gasteiger partial charge in [0.2, 0.25) is 0 Å². The zero-order chi connectivity index (χ0) is 12.1. The topological polar surface area (TPSA) is 9.23 Å². The first kappa shape index (κ1) is 12.5. The highest BCUT2D eigenvalue weighted by Gasteiger charge is 1.98. The minimum absolute atomic E-state index is 0.534. The van der Waals surface area contributed by atoms with E-state index in [0.29, 0.717) is 6.61 Å². The summed E-state index contributed by atoms with van der Waals surface area (Å²) in [6, 6.07) is 15.7. The summed E-state index contributed by atoms with van der Waals surface area (Å²) in [6.45, 7) is 0.534. The molecule has 2 aromatic rings. The summed E-state index contributed by atoms with van der Waals surface area (Å²) in [5.74, 6) is 0.877. The molecule has 0 bridgehead atoms. The summed E-state index contributed by atoms with van der Waals surface area (Å²) in [5, 5.41) is 1.57. The number of alkyl halides is 1. The van der Waals surface area contributed by atoms with Crippen molar-refractivity contribution >= 4 is 27.5 Å². The second-order valence-corrected chi connectivity index (χ2v) is 4.70. The van der Waals surface area contributed by atoms with Crippen molar-refractivity contribution < 1.29 is 4.74 Å². The van der Waals surface area contributed by atoms with Crippen LogP contribution < -0.4 is 4.74 Å². The molecule has 0 spiro atoms. The van der Waals surface area contributed by atoms with E-state index < -0.39 is 0 Å². The maximum absolute atomic E-state index is 5.91. The highest BCUT2D eigenvalue weighted by Crippen LogP contribution is 2.18. The first-order chi connectivity index (χ1) is 8.28. The Balaban J connectivity index is 2.02. The zero-order valence-corrected chi connectivity index (χ0v) is 11.5. The lowest BCUT2D eigenvalue weighted by atomic mass is 10.2. The average molecular weight is 312 g/mol. The van der Waals surface area contributed by atoms with Gasteiger partial charge in [0.1, 0.15) is 12.4 Å². The first-order valence-corrected chi connectivity index (χ1v) is 6.80. The lowest BCUT2D eigenvalue weighted by molar-refractivity contribution is 0.306. The van der Waals surface area contributed by atoms with E-state index in [1.807, 2.05) is 42.5 Å². The third-order valence-corrected chi connectivity index (χ3v) is 3.23. The van der Waals surface area contributed by atoms with E-state index in [1.54, 1.807) is 0 Å². The van der Waals surface area contributed by atoms with Crippen LogP contribution in [-0.4, -0.2) is 0 Å². The van der Waals surface area contributed by atoms with Crippen LogP contribution in [0.25, 0.3) is 0 Å². The lowest BCUT2D eigenvalue weighted by Crippen LogP contribution is -1.95. The van der Waals surface area contributed by atoms with Gasteiger partial charge in [-0.1, -0.05) is 51.8 Å². The molecule has 0 atom stereocenters. The second kappa shape index (κ2) is 6.08. The number of halogens is 2. The summed E-state index contributed by atoms with van der Waals surface area (Å²) in [5.41, 5.74) is 2.27. The molecule has 0 saturated carbocycles. The molecule has 88 valence electrons. The first-order valence-electron chi connectivity index (χ1n) is 5.30. The Labute approximate surface area is 115 Å². The average Bonchev–Trinajstić information content (AvgIpc) is 2.37. The van der Waals surface area contributed by atoms with E-state index >= 15 is 0 Å². The van der Waals surface area contributed by atoms with Crippen LogP contribution >= 0.6 is 27.5 Å². The van der Waals surface area contributed by atoms with Crippen molar-refractivity contribution in [2.24, 2.45) is 0 Å². The van der Waals surface area contributed by atoms with Gasteiger partial charge in [-0.3, -0.25) is 0 Å². The summed E-state index contributed by atoms with van der Waals surface area (Å²) in [7, 11) is 0. The fourth-order valence-corrected chi connectivity index (χ4v) is 2.07. The minimum Gasteiger partial charge on any atom is -0.489 e. The monoisotopic (exact) mass is 310 g/mol. The molecule has 3 heteroatoms. The molecule has 0 aliphatic carbocycles. The fraction of sp³-hybridized carbons (Fsp3) is 0.143. The third kappa shape index (κ3) is 3.76. The van der Waals surface area contributed by atoms with Crippen molar-refractivity contribution in [3.8, 4) is 5.75 Å². The van der Waals surface area contributed by atoms with Crippen molar-refractivity contribution in [1.29, 1.82) is 0 Å². The Bertz CT molecular complexity index is 499. The maximum Gasteiger partial charge on any atom is 0.120 e. The highest BCUT2D eigenvalue weighted by atomic mass is 79.9. The van der Waals surface area contributed by atoms with Crippen molar-refractivity contribution in [3.63, 3.8) is 0 Å². The van der Waals surface area contributed by atoms with Crippen LogP contribution in [0.2, 0.25) is 5.02 Å². The van der Waals surface area contributed by atoms with Gasteiger partial charge in [-0.2, -0.15) is 0 Å². The van der Waals surface area contributed by atoms with Gasteiger partial charge in [-0.05, 0) is 35.4 Å². The van der Waals surface area contributed by atoms with Gasteiger partial charge in [-0.15, -0.1) is 0 Å². The molecule has 0 aromatic heterocycles. The normalized spacial score (nSPS) is 10.2. The molecular formula is C14H12BrClO. The molecule has 2 rings (SSSR count). The van der Waals surface area contributed by atoms with Gasteiger partial charge in [0.15, 0.2) is 0 Å². The quantitative estimate of drug-likeness (QED) is 0.736. The molecule has 2 aromatic carbocycles. The van der Waals surface area contributed by atoms with Crippen LogP contribution in [0, 0.1) is 0 Å². The van der Waals surface area contributed by atoms with Gasteiger partial charge >= 0.3 is 0 Å². The predicted octanol–water partition coefficient (Wildman–Crippen LogP) is 4.81. The van der Waals surface area contributed by atoms with Crippen molar-refractivity contribution in [1.82, 2.24) is 0 Å². The molecular weight excluding hydrogens is 300 g/mol. The van der Waals surface area contributed by atoms with Gasteiger partial charge in [0.25, 0.3) is 0 Å². The molecule has 0 fully saturated rings. The highest BCUT2D eigenvalue weighted by molar-refractivity contribution is 9.08. The summed E-state index contributed by atoms with van der Waals surface area (Å²) in [6.07, 6.45) is 0. The van der Waals surface area contributed by atoms with Crippen molar-refractivity contribution in [3.05, 3.63) is 64.7 Å². The third-order valence-electron chi connectivity index (χ3n) is 2.35. The number of hydrogen-bond acceptors (Lipinski definition) is 1. The number of ether oxygens (including phenoxy) is 1. The van der Waals surface area contributed by atoms with Crippen LogP contribution in [0.5, 0.6) is 5.75 Å². The van der Waals surface area contributed by atoms with E-state index in [2.05, 4.69) is 22.0 Å². The molecule has 0 aliphatic rings. The lowest BCUT2D eigenvalue weighted by Gasteiger charge is -2.07. The molecule has 0 saturated heterocycles. The minimum atomic E-state index is 0.534. The van der Waals surface area contributed by atoms with E-state index in [4.69, 9.17) is 16.3 Å². The predicted molar refractivity (Wildman–Crippen MR) is 74.9 cm³/mol. The van der Waals surface area contributed by atoms with Crippen LogP contribution in [0.3, 0.4) is 0 Å². The molecule has 0 aliphatic heterocycles. The summed E-state index contributed by atoms with van der Waals surface area (Å²) >= 11 is 9.34. The molecule has 0 radical (unpaired) electrons. The number of benzene rings is 2. The van der Waals surface area contributed by atoms with E-state index in [0.717, 1.165) is 21.7 Å². The fourth-order valence-electron chi connectivity index (χ4n) is 1.51. The number of rotatable bonds is 4. The Morgan fingerprint density at radius 3 is 2.53 bits per heavy atom. The standard InChI is InChI=1S/C14H12BrClO/c15-9-11-3-2-6-14(8-11)17-10-12-4-1-5-13(16)7-12/h1-8H,9-10H2. The van der Waals surface area contributed by atoms with E-state index in [9.17, 15) is 0 Å². The Hall–Kier alpha value is -0.990. The maximum atomic E-state index is 5.91. The molecule has 0 N–H and O–H groups in total. The number of hydrogen-bond donors (Lipinski definition) is 0. The molecule has 1 nitrogen and oxygen atoms in total. The molecule has 17 heavy (non-hydrogen) atoms. The van der Waals surface area contributed by atoms with Crippen molar-refractivity contribution in [2.45, 2.75) is 11.9 Å². The van der Waals surface area contributed by atoms with Crippen LogP contribution in [0.15, 0.2) is 48.5 Å². The van der Waals surface area contributed by atoms with Gasteiger partial charge in [0, 0.05) is 10.4 Å². The largest absolute Gasteiger partial charge is 0.489 e. The van der Waals surface area contributed by atoms with Crippen LogP contribution in [0.4, 0.5) is 0 Å². The summed E-state index contributed by atoms with van der Waals surface area (Å²) in [4.78, 5) is 0. The van der Waals surface area contributed by atoms with Crippen LogP contribution in [-0.2, 0) is 11.9 Å².